The Morgan fingerprint density at radius 1 is 1.19 bits per heavy atom. The molecule has 3 nitrogen and oxygen atoms in total. The van der Waals surface area contributed by atoms with Gasteiger partial charge in [0.2, 0.25) is 0 Å². The van der Waals surface area contributed by atoms with Crippen molar-refractivity contribution in [2.24, 2.45) is 5.92 Å². The monoisotopic (exact) mass is 324 g/mol. The molecule has 1 heterocycles. The van der Waals surface area contributed by atoms with Gasteiger partial charge in [0, 0.05) is 22.0 Å². The van der Waals surface area contributed by atoms with E-state index in [1.54, 1.807) is 18.2 Å². The van der Waals surface area contributed by atoms with Crippen LogP contribution in [0.15, 0.2) is 18.2 Å². The van der Waals surface area contributed by atoms with E-state index in [2.05, 4.69) is 17.2 Å². The average Bonchev–Trinajstić information content (AvgIpc) is 2.85. The number of aromatic amines is 1. The number of benzene rings is 1. The van der Waals surface area contributed by atoms with Crippen LogP contribution in [0.25, 0.3) is 10.9 Å². The number of fused-ring (bicyclic) bond motifs is 1. The van der Waals surface area contributed by atoms with Gasteiger partial charge in [-0.05, 0) is 49.8 Å². The Morgan fingerprint density at radius 2 is 1.90 bits per heavy atom. The normalized spacial score (nSPS) is 22.4. The Kier molecular flexibility index (Phi) is 4.14. The maximum Gasteiger partial charge on any atom is 0.267 e. The van der Waals surface area contributed by atoms with Crippen LogP contribution in [-0.2, 0) is 0 Å². The molecule has 1 aromatic carbocycles. The number of H-pyrrole nitrogens is 1. The Bertz CT molecular complexity index is 672. The fourth-order valence-electron chi connectivity index (χ4n) is 2.95. The zero-order chi connectivity index (χ0) is 15.0. The fraction of sp³-hybridized carbons (Fsp3) is 0.438. The van der Waals surface area contributed by atoms with Gasteiger partial charge < -0.3 is 10.3 Å². The molecule has 0 saturated heterocycles. The van der Waals surface area contributed by atoms with E-state index in [0.717, 1.165) is 29.7 Å². The maximum atomic E-state index is 12.3. The van der Waals surface area contributed by atoms with Crippen LogP contribution in [-0.4, -0.2) is 16.9 Å². The van der Waals surface area contributed by atoms with Gasteiger partial charge in [0.05, 0.1) is 5.02 Å². The van der Waals surface area contributed by atoms with Crippen molar-refractivity contribution in [3.8, 4) is 0 Å². The van der Waals surface area contributed by atoms with Gasteiger partial charge in [-0.25, -0.2) is 0 Å². The molecular formula is C16H18Cl2N2O. The van der Waals surface area contributed by atoms with Gasteiger partial charge in [0.25, 0.3) is 5.91 Å². The summed E-state index contributed by atoms with van der Waals surface area (Å²) in [5.74, 6) is 0.699. The minimum atomic E-state index is -0.0713. The summed E-state index contributed by atoms with van der Waals surface area (Å²) in [7, 11) is 0. The summed E-state index contributed by atoms with van der Waals surface area (Å²) in [6.45, 7) is 2.27. The molecule has 0 aliphatic heterocycles. The molecule has 2 aromatic rings. The minimum absolute atomic E-state index is 0.0713. The molecule has 3 rings (SSSR count). The van der Waals surface area contributed by atoms with Gasteiger partial charge in [-0.1, -0.05) is 30.1 Å². The molecule has 1 aliphatic rings. The molecule has 21 heavy (non-hydrogen) atoms. The third-order valence-corrected chi connectivity index (χ3v) is 4.78. The van der Waals surface area contributed by atoms with Crippen molar-refractivity contribution in [3.63, 3.8) is 0 Å². The largest absolute Gasteiger partial charge is 0.350 e. The number of carbonyl (C=O) groups is 1. The van der Waals surface area contributed by atoms with E-state index >= 15 is 0 Å². The maximum absolute atomic E-state index is 12.3. The van der Waals surface area contributed by atoms with Crippen molar-refractivity contribution >= 4 is 40.0 Å². The standard InChI is InChI=1S/C16H18Cl2N2O/c1-9-2-4-11(5-3-9)19-16(21)15-8-12-13(18)6-10(17)7-14(12)20-15/h6-9,11,20H,2-5H2,1H3,(H,19,21)/t9-,11+. The molecule has 0 radical (unpaired) electrons. The lowest BCUT2D eigenvalue weighted by molar-refractivity contribution is 0.0919. The van der Waals surface area contributed by atoms with Crippen LogP contribution in [0.4, 0.5) is 0 Å². The van der Waals surface area contributed by atoms with Crippen molar-refractivity contribution in [3.05, 3.63) is 33.9 Å². The molecule has 0 atom stereocenters. The Labute approximate surface area is 134 Å². The summed E-state index contributed by atoms with van der Waals surface area (Å²) in [6.07, 6.45) is 4.47. The highest BCUT2D eigenvalue weighted by atomic mass is 35.5. The number of carbonyl (C=O) groups excluding carboxylic acids is 1. The van der Waals surface area contributed by atoms with Gasteiger partial charge in [0.1, 0.15) is 5.69 Å². The van der Waals surface area contributed by atoms with Gasteiger partial charge >= 0.3 is 0 Å². The number of aromatic nitrogens is 1. The number of hydrogen-bond acceptors (Lipinski definition) is 1. The van der Waals surface area contributed by atoms with E-state index in [4.69, 9.17) is 23.2 Å². The van der Waals surface area contributed by atoms with Crippen molar-refractivity contribution in [1.82, 2.24) is 10.3 Å². The number of amides is 1. The van der Waals surface area contributed by atoms with Crippen LogP contribution >= 0.6 is 23.2 Å². The van der Waals surface area contributed by atoms with Crippen molar-refractivity contribution in [1.29, 1.82) is 0 Å². The highest BCUT2D eigenvalue weighted by Crippen LogP contribution is 2.29. The lowest BCUT2D eigenvalue weighted by Gasteiger charge is -2.26. The molecule has 112 valence electrons. The Balaban J connectivity index is 1.77. The topological polar surface area (TPSA) is 44.9 Å². The molecule has 2 N–H and O–H groups in total. The second-order valence-corrected chi connectivity index (χ2v) is 6.81. The summed E-state index contributed by atoms with van der Waals surface area (Å²) in [5, 5.41) is 5.04. The van der Waals surface area contributed by atoms with Crippen LogP contribution in [0, 0.1) is 5.92 Å². The summed E-state index contributed by atoms with van der Waals surface area (Å²) in [5.41, 5.74) is 1.32. The molecule has 0 bridgehead atoms. The molecule has 1 aliphatic carbocycles. The molecule has 1 amide bonds. The molecule has 1 fully saturated rings. The highest BCUT2D eigenvalue weighted by Gasteiger charge is 2.21. The zero-order valence-electron chi connectivity index (χ0n) is 11.9. The Morgan fingerprint density at radius 3 is 2.62 bits per heavy atom. The van der Waals surface area contributed by atoms with Crippen LogP contribution in [0.2, 0.25) is 10.0 Å². The van der Waals surface area contributed by atoms with Crippen LogP contribution in [0.5, 0.6) is 0 Å². The smallest absolute Gasteiger partial charge is 0.267 e. The molecule has 0 spiro atoms. The van der Waals surface area contributed by atoms with Gasteiger partial charge in [0.15, 0.2) is 0 Å². The van der Waals surface area contributed by atoms with Crippen LogP contribution in [0.3, 0.4) is 0 Å². The van der Waals surface area contributed by atoms with E-state index in [0.29, 0.717) is 15.7 Å². The second kappa shape index (κ2) is 5.90. The van der Waals surface area contributed by atoms with E-state index < -0.39 is 0 Å². The first-order valence-corrected chi connectivity index (χ1v) is 8.07. The summed E-state index contributed by atoms with van der Waals surface area (Å²) in [6, 6.07) is 5.53. The molecular weight excluding hydrogens is 307 g/mol. The van der Waals surface area contributed by atoms with Gasteiger partial charge in [-0.15, -0.1) is 0 Å². The van der Waals surface area contributed by atoms with E-state index in [9.17, 15) is 4.79 Å². The summed E-state index contributed by atoms with van der Waals surface area (Å²) in [4.78, 5) is 15.4. The minimum Gasteiger partial charge on any atom is -0.350 e. The first kappa shape index (κ1) is 14.7. The van der Waals surface area contributed by atoms with Gasteiger partial charge in [-0.2, -0.15) is 0 Å². The SMILES string of the molecule is C[C@H]1CC[C@@H](NC(=O)c2cc3c(Cl)cc(Cl)cc3[nH]2)CC1. The lowest BCUT2D eigenvalue weighted by atomic mass is 9.87. The van der Waals surface area contributed by atoms with Crippen molar-refractivity contribution in [2.45, 2.75) is 38.6 Å². The highest BCUT2D eigenvalue weighted by molar-refractivity contribution is 6.38. The number of nitrogens with one attached hydrogen (secondary N) is 2. The van der Waals surface area contributed by atoms with E-state index in [1.807, 2.05) is 0 Å². The number of halogens is 2. The zero-order valence-corrected chi connectivity index (χ0v) is 13.4. The predicted octanol–water partition coefficient (Wildman–Crippen LogP) is 4.78. The predicted molar refractivity (Wildman–Crippen MR) is 87.2 cm³/mol. The van der Waals surface area contributed by atoms with Crippen molar-refractivity contribution in [2.75, 3.05) is 0 Å². The van der Waals surface area contributed by atoms with Crippen LogP contribution < -0.4 is 5.32 Å². The molecule has 5 heteroatoms. The molecule has 1 saturated carbocycles. The summed E-state index contributed by atoms with van der Waals surface area (Å²) < 4.78 is 0. The number of rotatable bonds is 2. The summed E-state index contributed by atoms with van der Waals surface area (Å²) >= 11 is 12.1. The third-order valence-electron chi connectivity index (χ3n) is 4.25. The molecule has 1 aromatic heterocycles. The molecule has 0 unspecified atom stereocenters. The quantitative estimate of drug-likeness (QED) is 0.820. The third kappa shape index (κ3) is 3.19. The first-order chi connectivity index (χ1) is 10.0. The first-order valence-electron chi connectivity index (χ1n) is 7.31. The lowest BCUT2D eigenvalue weighted by Crippen LogP contribution is -2.37. The van der Waals surface area contributed by atoms with Crippen LogP contribution in [0.1, 0.15) is 43.1 Å². The number of hydrogen-bond donors (Lipinski definition) is 2. The second-order valence-electron chi connectivity index (χ2n) is 5.96. The van der Waals surface area contributed by atoms with E-state index in [1.165, 1.54) is 12.8 Å². The van der Waals surface area contributed by atoms with E-state index in [-0.39, 0.29) is 11.9 Å². The fourth-order valence-corrected chi connectivity index (χ4v) is 3.50. The van der Waals surface area contributed by atoms with Gasteiger partial charge in [-0.3, -0.25) is 4.79 Å². The average molecular weight is 325 g/mol. The Hall–Kier alpha value is -1.19. The van der Waals surface area contributed by atoms with Crippen molar-refractivity contribution < 1.29 is 4.79 Å².